The van der Waals surface area contributed by atoms with Crippen LogP contribution in [0.4, 0.5) is 5.69 Å². The molecule has 36 heavy (non-hydrogen) atoms. The summed E-state index contributed by atoms with van der Waals surface area (Å²) in [7, 11) is 0. The zero-order valence-electron chi connectivity index (χ0n) is 20.5. The minimum absolute atomic E-state index is 0.0302. The van der Waals surface area contributed by atoms with Gasteiger partial charge >= 0.3 is 5.97 Å². The molecule has 1 aliphatic heterocycles. The van der Waals surface area contributed by atoms with Crippen LogP contribution in [-0.2, 0) is 25.6 Å². The first-order valence-corrected chi connectivity index (χ1v) is 12.5. The van der Waals surface area contributed by atoms with Crippen LogP contribution in [0.3, 0.4) is 0 Å². The molecule has 3 heterocycles. The number of aliphatic imine (C=N–C) groups is 1. The molecule has 0 amide bonds. The fraction of sp³-hybridized carbons (Fsp3) is 0.357. The fourth-order valence-electron chi connectivity index (χ4n) is 4.80. The van der Waals surface area contributed by atoms with Crippen molar-refractivity contribution >= 4 is 40.4 Å². The second-order valence-corrected chi connectivity index (χ2v) is 9.24. The molecule has 5 rings (SSSR count). The zero-order chi connectivity index (χ0) is 25.1. The molecule has 2 aliphatic rings. The number of allylic oxidation sites excluding steroid dienone is 1. The second kappa shape index (κ2) is 10.5. The number of aryl methyl sites for hydroxylation is 1. The normalized spacial score (nSPS) is 20.5. The summed E-state index contributed by atoms with van der Waals surface area (Å²) in [6.45, 7) is 4.62. The molecule has 0 bridgehead atoms. The monoisotopic (exact) mass is 486 g/mol. The largest absolute Gasteiger partial charge is 0.465 e. The van der Waals surface area contributed by atoms with E-state index in [1.807, 2.05) is 31.2 Å². The van der Waals surface area contributed by atoms with E-state index in [9.17, 15) is 9.59 Å². The number of H-pyrrole nitrogens is 1. The maximum atomic E-state index is 13.2. The number of rotatable bonds is 7. The summed E-state index contributed by atoms with van der Waals surface area (Å²) >= 11 is 0. The molecule has 1 unspecified atom stereocenters. The van der Waals surface area contributed by atoms with Crippen molar-refractivity contribution in [2.24, 2.45) is 10.9 Å². The summed E-state index contributed by atoms with van der Waals surface area (Å²) in [5.74, 6) is -2.29. The highest BCUT2D eigenvalue weighted by Crippen LogP contribution is 2.30. The third-order valence-corrected chi connectivity index (χ3v) is 6.70. The molecule has 1 aliphatic carbocycles. The van der Waals surface area contributed by atoms with Crippen LogP contribution < -0.4 is 5.32 Å². The number of hydrogen-bond acceptors (Lipinski definition) is 7. The third-order valence-electron chi connectivity index (χ3n) is 6.70. The molecule has 1 saturated heterocycles. The van der Waals surface area contributed by atoms with Crippen molar-refractivity contribution in [2.45, 2.75) is 52.1 Å². The van der Waals surface area contributed by atoms with Gasteiger partial charge in [0, 0.05) is 35.9 Å². The maximum absolute atomic E-state index is 13.2. The Hall–Kier alpha value is -3.78. The van der Waals surface area contributed by atoms with Gasteiger partial charge in [0.25, 0.3) is 0 Å². The first kappa shape index (κ1) is 23.9. The Morgan fingerprint density at radius 3 is 2.92 bits per heavy atom. The molecule has 1 saturated carbocycles. The molecular formula is C28H30N4O4. The number of ether oxygens (including phenoxy) is 2. The number of Topliss-reactive ketones (excluding diaryl/α,β-unsaturated/α-hetero) is 1. The number of carbonyl (C=O) groups excluding carboxylic acids is 2. The summed E-state index contributed by atoms with van der Waals surface area (Å²) in [5, 5.41) is 4.46. The van der Waals surface area contributed by atoms with Crippen LogP contribution in [0.2, 0.25) is 0 Å². The van der Waals surface area contributed by atoms with Gasteiger partial charge in [-0.05, 0) is 62.1 Å². The molecule has 1 atom stereocenters. The van der Waals surface area contributed by atoms with Crippen LogP contribution in [0, 0.1) is 12.8 Å². The van der Waals surface area contributed by atoms with E-state index in [1.165, 1.54) is 31.2 Å². The summed E-state index contributed by atoms with van der Waals surface area (Å²) in [5.41, 5.74) is 4.19. The Morgan fingerprint density at radius 1 is 1.31 bits per heavy atom. The predicted molar refractivity (Wildman–Crippen MR) is 138 cm³/mol. The van der Waals surface area contributed by atoms with Gasteiger partial charge < -0.3 is 19.8 Å². The summed E-state index contributed by atoms with van der Waals surface area (Å²) in [4.78, 5) is 37.9. The van der Waals surface area contributed by atoms with Gasteiger partial charge in [0.2, 0.25) is 11.7 Å². The Morgan fingerprint density at radius 2 is 2.14 bits per heavy atom. The molecule has 2 fully saturated rings. The van der Waals surface area contributed by atoms with Gasteiger partial charge in [0.05, 0.1) is 12.3 Å². The van der Waals surface area contributed by atoms with Gasteiger partial charge in [-0.15, -0.1) is 0 Å². The number of fused-ring (bicyclic) bond motifs is 1. The van der Waals surface area contributed by atoms with Gasteiger partial charge in [-0.1, -0.05) is 25.0 Å². The molecule has 8 nitrogen and oxygen atoms in total. The number of carbonyl (C=O) groups is 2. The molecule has 186 valence electrons. The van der Waals surface area contributed by atoms with E-state index in [1.54, 1.807) is 25.4 Å². The number of nitrogens with one attached hydrogen (secondary N) is 2. The van der Waals surface area contributed by atoms with Crippen LogP contribution >= 0.6 is 0 Å². The van der Waals surface area contributed by atoms with Crippen molar-refractivity contribution in [3.05, 3.63) is 65.2 Å². The highest BCUT2D eigenvalue weighted by molar-refractivity contribution is 6.27. The number of aromatic nitrogens is 2. The summed E-state index contributed by atoms with van der Waals surface area (Å²) < 4.78 is 11.1. The van der Waals surface area contributed by atoms with Gasteiger partial charge in [-0.2, -0.15) is 0 Å². The number of pyridine rings is 1. The van der Waals surface area contributed by atoms with Crippen molar-refractivity contribution in [1.29, 1.82) is 0 Å². The Labute approximate surface area is 209 Å². The van der Waals surface area contributed by atoms with Gasteiger partial charge in [-0.3, -0.25) is 9.59 Å². The summed E-state index contributed by atoms with van der Waals surface area (Å²) in [6, 6.07) is 10.3. The third kappa shape index (κ3) is 4.95. The van der Waals surface area contributed by atoms with Gasteiger partial charge in [0.1, 0.15) is 5.65 Å². The lowest BCUT2D eigenvalue weighted by atomic mass is 10.0. The average molecular weight is 487 g/mol. The van der Waals surface area contributed by atoms with Crippen molar-refractivity contribution in [2.75, 3.05) is 6.61 Å². The fourth-order valence-corrected chi connectivity index (χ4v) is 4.80. The first-order valence-electron chi connectivity index (χ1n) is 12.5. The van der Waals surface area contributed by atoms with Crippen LogP contribution in [-0.4, -0.2) is 40.3 Å². The van der Waals surface area contributed by atoms with E-state index in [0.29, 0.717) is 17.4 Å². The number of hydrogen-bond donors (Lipinski definition) is 2. The van der Waals surface area contributed by atoms with Crippen LogP contribution in [0.15, 0.2) is 53.5 Å². The smallest absolute Gasteiger partial charge is 0.326 e. The van der Waals surface area contributed by atoms with E-state index >= 15 is 0 Å². The predicted octanol–water partition coefficient (Wildman–Crippen LogP) is 4.75. The van der Waals surface area contributed by atoms with Gasteiger partial charge in [0.15, 0.2) is 11.7 Å². The van der Waals surface area contributed by atoms with E-state index in [2.05, 4.69) is 26.3 Å². The molecular weight excluding hydrogens is 456 g/mol. The number of ketones is 1. The Bertz CT molecular complexity index is 1350. The topological polar surface area (TPSA) is 106 Å². The second-order valence-electron chi connectivity index (χ2n) is 9.24. The Kier molecular flexibility index (Phi) is 6.95. The standard InChI is InChI=1S/C28H30N4O4/c1-3-35-28(34)24-25(33)23(14-19-16-31-26-21(19)9-6-12-29-26)36-27(24)32-22-11-10-18(13-17(22)2)15-30-20-7-4-5-8-20/h6,9-14,16,20,24,30H,3-5,7-8,15H2,1-2H3,(H,29,31)/b23-14-,32-27?. The maximum Gasteiger partial charge on any atom is 0.326 e. The number of esters is 1. The minimum atomic E-state index is -1.23. The first-order chi connectivity index (χ1) is 17.5. The lowest BCUT2D eigenvalue weighted by Crippen LogP contribution is -2.27. The van der Waals surface area contributed by atoms with Crippen molar-refractivity contribution in [3.63, 3.8) is 0 Å². The molecule has 1 aromatic carbocycles. The Balaban J connectivity index is 1.42. The van der Waals surface area contributed by atoms with Gasteiger partial charge in [-0.25, -0.2) is 9.98 Å². The van der Waals surface area contributed by atoms with Crippen LogP contribution in [0.25, 0.3) is 17.1 Å². The molecule has 0 spiro atoms. The van der Waals surface area contributed by atoms with Crippen molar-refractivity contribution in [3.8, 4) is 0 Å². The highest BCUT2D eigenvalue weighted by Gasteiger charge is 2.44. The zero-order valence-corrected chi connectivity index (χ0v) is 20.5. The number of benzene rings is 1. The molecule has 2 aromatic heterocycles. The van der Waals surface area contributed by atoms with E-state index in [4.69, 9.17) is 9.47 Å². The van der Waals surface area contributed by atoms with Crippen LogP contribution in [0.1, 0.15) is 49.3 Å². The van der Waals surface area contributed by atoms with Crippen molar-refractivity contribution < 1.29 is 19.1 Å². The summed E-state index contributed by atoms with van der Waals surface area (Å²) in [6.07, 6.45) is 10.1. The average Bonchev–Trinajstić information content (AvgIpc) is 3.60. The SMILES string of the molecule is CCOC(=O)C1C(=O)/C(=C/c2c[nH]c3ncccc23)OC1=Nc1ccc(CNC2CCCC2)cc1C. The lowest BCUT2D eigenvalue weighted by Gasteiger charge is -2.13. The number of aromatic amines is 1. The lowest BCUT2D eigenvalue weighted by molar-refractivity contribution is -0.147. The molecule has 0 radical (unpaired) electrons. The number of nitrogens with zero attached hydrogens (tertiary/aromatic N) is 2. The van der Waals surface area contributed by atoms with E-state index in [0.717, 1.165) is 23.1 Å². The molecule has 8 heteroatoms. The highest BCUT2D eigenvalue weighted by atomic mass is 16.5. The van der Waals surface area contributed by atoms with E-state index in [-0.39, 0.29) is 18.3 Å². The van der Waals surface area contributed by atoms with Crippen molar-refractivity contribution in [1.82, 2.24) is 15.3 Å². The molecule has 3 aromatic rings. The van der Waals surface area contributed by atoms with Crippen LogP contribution in [0.5, 0.6) is 0 Å². The quantitative estimate of drug-likeness (QED) is 0.284. The molecule has 2 N–H and O–H groups in total. The minimum Gasteiger partial charge on any atom is -0.465 e. The van der Waals surface area contributed by atoms with E-state index < -0.39 is 17.7 Å².